The Morgan fingerprint density at radius 1 is 1.15 bits per heavy atom. The Morgan fingerprint density at radius 2 is 1.88 bits per heavy atom. The Labute approximate surface area is 234 Å². The smallest absolute Gasteiger partial charge is 0.387 e. The van der Waals surface area contributed by atoms with Crippen LogP contribution < -0.4 is 19.9 Å². The molecular weight excluding hydrogens is 538 g/mol. The number of hydrogen-bond acceptors (Lipinski definition) is 8. The first kappa shape index (κ1) is 28.0. The van der Waals surface area contributed by atoms with Crippen LogP contribution in [-0.2, 0) is 18.4 Å². The Bertz CT molecular complexity index is 1620. The van der Waals surface area contributed by atoms with Crippen LogP contribution in [0.1, 0.15) is 12.5 Å². The van der Waals surface area contributed by atoms with E-state index in [1.54, 1.807) is 59.4 Å². The summed E-state index contributed by atoms with van der Waals surface area (Å²) in [4.78, 5) is 37.8. The Morgan fingerprint density at radius 3 is 2.54 bits per heavy atom. The van der Waals surface area contributed by atoms with Gasteiger partial charge in [0.25, 0.3) is 5.56 Å². The SMILES string of the molecule is COc1c(-c2cnc(N3CCN(C(=O)CO)C(C)C3)nc2)ccc2c(=O)n(C)n(Cc3ccccc3OC(F)F)c12. The summed E-state index contributed by atoms with van der Waals surface area (Å²) in [5, 5.41) is 9.60. The average molecular weight is 569 g/mol. The maximum absolute atomic E-state index is 13.1. The number of alkyl halides is 2. The predicted molar refractivity (Wildman–Crippen MR) is 147 cm³/mol. The van der Waals surface area contributed by atoms with Crippen molar-refractivity contribution in [3.05, 3.63) is 64.7 Å². The molecule has 1 amide bonds. The van der Waals surface area contributed by atoms with E-state index >= 15 is 0 Å². The molecule has 1 atom stereocenters. The van der Waals surface area contributed by atoms with Crippen molar-refractivity contribution in [2.24, 2.45) is 7.05 Å². The van der Waals surface area contributed by atoms with Crippen LogP contribution in [0.5, 0.6) is 11.5 Å². The largest absolute Gasteiger partial charge is 0.494 e. The number of amides is 1. The molecule has 41 heavy (non-hydrogen) atoms. The van der Waals surface area contributed by atoms with Crippen LogP contribution in [0.3, 0.4) is 0 Å². The highest BCUT2D eigenvalue weighted by molar-refractivity contribution is 5.92. The number of para-hydroxylation sites is 1. The van der Waals surface area contributed by atoms with Crippen molar-refractivity contribution in [2.75, 3.05) is 38.3 Å². The van der Waals surface area contributed by atoms with Gasteiger partial charge in [0.15, 0.2) is 5.75 Å². The topological polar surface area (TPSA) is 115 Å². The highest BCUT2D eigenvalue weighted by Gasteiger charge is 2.28. The van der Waals surface area contributed by atoms with Gasteiger partial charge in [-0.05, 0) is 25.1 Å². The van der Waals surface area contributed by atoms with Crippen LogP contribution in [0.15, 0.2) is 53.6 Å². The number of hydrogen-bond donors (Lipinski definition) is 1. The van der Waals surface area contributed by atoms with E-state index in [4.69, 9.17) is 9.47 Å². The summed E-state index contributed by atoms with van der Waals surface area (Å²) in [7, 11) is 3.10. The number of fused-ring (bicyclic) bond motifs is 1. The molecule has 1 N–H and O–H groups in total. The third-order valence-corrected chi connectivity index (χ3v) is 7.30. The van der Waals surface area contributed by atoms with Gasteiger partial charge in [0.2, 0.25) is 11.9 Å². The molecule has 2 aromatic heterocycles. The third-order valence-electron chi connectivity index (χ3n) is 7.30. The van der Waals surface area contributed by atoms with Crippen molar-refractivity contribution >= 4 is 22.8 Å². The van der Waals surface area contributed by atoms with E-state index in [1.165, 1.54) is 17.9 Å². The summed E-state index contributed by atoms with van der Waals surface area (Å²) in [5.41, 5.74) is 1.99. The molecule has 1 fully saturated rings. The zero-order valence-electron chi connectivity index (χ0n) is 22.8. The van der Waals surface area contributed by atoms with Crippen molar-refractivity contribution < 1.29 is 28.2 Å². The first-order valence-electron chi connectivity index (χ1n) is 13.0. The van der Waals surface area contributed by atoms with Gasteiger partial charge in [-0.2, -0.15) is 8.78 Å². The van der Waals surface area contributed by atoms with Gasteiger partial charge in [-0.15, -0.1) is 0 Å². The number of ether oxygens (including phenoxy) is 2. The zero-order valence-corrected chi connectivity index (χ0v) is 22.8. The van der Waals surface area contributed by atoms with Gasteiger partial charge < -0.3 is 24.4 Å². The highest BCUT2D eigenvalue weighted by Crippen LogP contribution is 2.36. The maximum atomic E-state index is 13.1. The third kappa shape index (κ3) is 5.32. The van der Waals surface area contributed by atoms with Gasteiger partial charge in [-0.25, -0.2) is 9.97 Å². The van der Waals surface area contributed by atoms with Crippen LogP contribution in [-0.4, -0.2) is 81.2 Å². The monoisotopic (exact) mass is 568 g/mol. The summed E-state index contributed by atoms with van der Waals surface area (Å²) in [5.74, 6) is 0.629. The van der Waals surface area contributed by atoms with E-state index in [-0.39, 0.29) is 29.8 Å². The number of rotatable bonds is 8. The number of nitrogens with zero attached hydrogens (tertiary/aromatic N) is 6. The first-order valence-corrected chi connectivity index (χ1v) is 13.0. The molecular formula is C28H30F2N6O5. The van der Waals surface area contributed by atoms with Gasteiger partial charge in [0.1, 0.15) is 17.9 Å². The predicted octanol–water partition coefficient (Wildman–Crippen LogP) is 2.48. The molecule has 0 spiro atoms. The average Bonchev–Trinajstić information content (AvgIpc) is 3.21. The normalized spacial score (nSPS) is 15.5. The Hall–Kier alpha value is -4.52. The van der Waals surface area contributed by atoms with Crippen LogP contribution in [0.4, 0.5) is 14.7 Å². The first-order chi connectivity index (χ1) is 19.7. The minimum absolute atomic E-state index is 0.0202. The summed E-state index contributed by atoms with van der Waals surface area (Å²) in [6.45, 7) is -0.0201. The second kappa shape index (κ2) is 11.5. The Balaban J connectivity index is 1.49. The fraction of sp³-hybridized carbons (Fsp3) is 0.357. The molecule has 1 aliphatic rings. The maximum Gasteiger partial charge on any atom is 0.387 e. The minimum atomic E-state index is -2.99. The molecule has 1 aliphatic heterocycles. The lowest BCUT2D eigenvalue weighted by Gasteiger charge is -2.39. The van der Waals surface area contributed by atoms with Gasteiger partial charge in [-0.1, -0.05) is 18.2 Å². The molecule has 11 nitrogen and oxygen atoms in total. The lowest BCUT2D eigenvalue weighted by Crippen LogP contribution is -2.55. The van der Waals surface area contributed by atoms with Crippen LogP contribution in [0, 0.1) is 0 Å². The van der Waals surface area contributed by atoms with E-state index < -0.39 is 13.2 Å². The standard InChI is InChI=1S/C28H30F2N6O5/c1-17-14-34(10-11-35(17)23(38)16-37)28-31-12-19(13-32-28)20-8-9-21-24(25(20)40-3)36(33(2)26(21)39)15-18-6-4-5-7-22(18)41-27(29)30/h4-9,12-13,17,27,37H,10-11,14-16H2,1-3H3. The van der Waals surface area contributed by atoms with Crippen LogP contribution >= 0.6 is 0 Å². The highest BCUT2D eigenvalue weighted by atomic mass is 19.3. The number of piperazine rings is 1. The van der Waals surface area contributed by atoms with E-state index in [0.717, 1.165) is 0 Å². The number of methoxy groups -OCH3 is 1. The second-order valence-corrected chi connectivity index (χ2v) is 9.73. The van der Waals surface area contributed by atoms with Gasteiger partial charge in [-0.3, -0.25) is 19.0 Å². The lowest BCUT2D eigenvalue weighted by atomic mass is 10.1. The van der Waals surface area contributed by atoms with Crippen molar-refractivity contribution in [1.29, 1.82) is 0 Å². The van der Waals surface area contributed by atoms with Crippen LogP contribution in [0.25, 0.3) is 22.0 Å². The molecule has 0 bridgehead atoms. The van der Waals surface area contributed by atoms with E-state index in [9.17, 15) is 23.5 Å². The number of aliphatic hydroxyl groups excluding tert-OH is 1. The Kier molecular flexibility index (Phi) is 7.88. The molecule has 1 saturated heterocycles. The van der Waals surface area contributed by atoms with E-state index in [1.807, 2.05) is 11.8 Å². The molecule has 13 heteroatoms. The number of aliphatic hydroxyl groups is 1. The second-order valence-electron chi connectivity index (χ2n) is 9.73. The lowest BCUT2D eigenvalue weighted by molar-refractivity contribution is -0.136. The molecule has 216 valence electrons. The molecule has 4 aromatic rings. The van der Waals surface area contributed by atoms with E-state index in [0.29, 0.717) is 58.9 Å². The van der Waals surface area contributed by atoms with Crippen molar-refractivity contribution in [2.45, 2.75) is 26.1 Å². The number of aromatic nitrogens is 4. The summed E-state index contributed by atoms with van der Waals surface area (Å²) in [6.07, 6.45) is 3.33. The van der Waals surface area contributed by atoms with Gasteiger partial charge >= 0.3 is 6.61 Å². The number of anilines is 1. The minimum Gasteiger partial charge on any atom is -0.494 e. The number of benzene rings is 2. The number of carbonyl (C=O) groups is 1. The van der Waals surface area contributed by atoms with E-state index in [2.05, 4.69) is 9.97 Å². The number of carbonyl (C=O) groups excluding carboxylic acids is 1. The quantitative estimate of drug-likeness (QED) is 0.345. The molecule has 1 unspecified atom stereocenters. The summed E-state index contributed by atoms with van der Waals surface area (Å²) < 4.78 is 39.6. The van der Waals surface area contributed by atoms with Gasteiger partial charge in [0.05, 0.1) is 19.0 Å². The molecule has 0 saturated carbocycles. The molecule has 0 aliphatic carbocycles. The van der Waals surface area contributed by atoms with Gasteiger partial charge in [0, 0.05) is 61.8 Å². The van der Waals surface area contributed by atoms with Crippen molar-refractivity contribution in [1.82, 2.24) is 24.2 Å². The molecule has 2 aromatic carbocycles. The van der Waals surface area contributed by atoms with Crippen LogP contribution in [0.2, 0.25) is 0 Å². The molecule has 0 radical (unpaired) electrons. The summed E-state index contributed by atoms with van der Waals surface area (Å²) >= 11 is 0. The zero-order chi connectivity index (χ0) is 29.3. The van der Waals surface area contributed by atoms with Crippen molar-refractivity contribution in [3.63, 3.8) is 0 Å². The molecule has 5 rings (SSSR count). The molecule has 3 heterocycles. The number of halogens is 2. The summed E-state index contributed by atoms with van der Waals surface area (Å²) in [6, 6.07) is 9.78. The van der Waals surface area contributed by atoms with Crippen molar-refractivity contribution in [3.8, 4) is 22.6 Å². The fourth-order valence-electron chi connectivity index (χ4n) is 5.28. The fourth-order valence-corrected chi connectivity index (χ4v) is 5.28.